The van der Waals surface area contributed by atoms with Crippen molar-refractivity contribution in [1.29, 1.82) is 0 Å². The molecule has 1 saturated heterocycles. The van der Waals surface area contributed by atoms with Crippen molar-refractivity contribution in [2.45, 2.75) is 6.42 Å². The molecule has 4 heteroatoms. The minimum atomic E-state index is 0.0879. The number of carbonyl (C=O) groups excluding carboxylic acids is 1. The van der Waals surface area contributed by atoms with Crippen molar-refractivity contribution in [2.24, 2.45) is 11.7 Å². The zero-order valence-corrected chi connectivity index (χ0v) is 9.78. The zero-order chi connectivity index (χ0) is 11.5. The fourth-order valence-electron chi connectivity index (χ4n) is 1.93. The molecule has 0 aliphatic carbocycles. The summed E-state index contributed by atoms with van der Waals surface area (Å²) in [4.78, 5) is 13.8. The van der Waals surface area contributed by atoms with E-state index in [1.54, 1.807) is 24.3 Å². The summed E-state index contributed by atoms with van der Waals surface area (Å²) in [6.45, 7) is 2.37. The summed E-state index contributed by atoms with van der Waals surface area (Å²) in [7, 11) is 0. The topological polar surface area (TPSA) is 46.3 Å². The number of hydrogen-bond acceptors (Lipinski definition) is 2. The lowest BCUT2D eigenvalue weighted by atomic mass is 9.95. The molecule has 0 saturated carbocycles. The molecule has 1 aromatic carbocycles. The summed E-state index contributed by atoms with van der Waals surface area (Å²) in [6, 6.07) is 7.01. The molecule has 0 unspecified atom stereocenters. The first-order valence-corrected chi connectivity index (χ1v) is 5.83. The highest BCUT2D eigenvalue weighted by Crippen LogP contribution is 2.21. The Bertz CT molecular complexity index is 371. The SMILES string of the molecule is NCCC1CN(C(=O)c2ccc(Cl)cc2)C1. The van der Waals surface area contributed by atoms with E-state index in [0.717, 1.165) is 19.5 Å². The lowest BCUT2D eigenvalue weighted by Gasteiger charge is -2.39. The van der Waals surface area contributed by atoms with Gasteiger partial charge in [-0.2, -0.15) is 0 Å². The van der Waals surface area contributed by atoms with Crippen LogP contribution in [-0.2, 0) is 0 Å². The Morgan fingerprint density at radius 2 is 2.00 bits per heavy atom. The summed E-state index contributed by atoms with van der Waals surface area (Å²) >= 11 is 5.77. The van der Waals surface area contributed by atoms with Crippen molar-refractivity contribution < 1.29 is 4.79 Å². The number of amides is 1. The fourth-order valence-corrected chi connectivity index (χ4v) is 2.05. The van der Waals surface area contributed by atoms with Crippen LogP contribution in [0.5, 0.6) is 0 Å². The van der Waals surface area contributed by atoms with E-state index >= 15 is 0 Å². The second-order valence-corrected chi connectivity index (χ2v) is 4.60. The monoisotopic (exact) mass is 238 g/mol. The number of rotatable bonds is 3. The van der Waals surface area contributed by atoms with Gasteiger partial charge in [0.15, 0.2) is 0 Å². The van der Waals surface area contributed by atoms with Crippen molar-refractivity contribution in [3.05, 3.63) is 34.9 Å². The number of nitrogens with two attached hydrogens (primary N) is 1. The molecular formula is C12H15ClN2O. The highest BCUT2D eigenvalue weighted by atomic mass is 35.5. The van der Waals surface area contributed by atoms with E-state index in [1.165, 1.54) is 0 Å². The van der Waals surface area contributed by atoms with Crippen LogP contribution in [-0.4, -0.2) is 30.4 Å². The number of likely N-dealkylation sites (tertiary alicyclic amines) is 1. The molecule has 0 bridgehead atoms. The largest absolute Gasteiger partial charge is 0.338 e. The van der Waals surface area contributed by atoms with Crippen LogP contribution in [0.15, 0.2) is 24.3 Å². The molecule has 16 heavy (non-hydrogen) atoms. The van der Waals surface area contributed by atoms with E-state index in [1.807, 2.05) is 4.90 Å². The van der Waals surface area contributed by atoms with E-state index in [-0.39, 0.29) is 5.91 Å². The third-order valence-corrected chi connectivity index (χ3v) is 3.16. The molecule has 0 aromatic heterocycles. The molecule has 0 spiro atoms. The van der Waals surface area contributed by atoms with Crippen molar-refractivity contribution >= 4 is 17.5 Å². The number of halogens is 1. The Balaban J connectivity index is 1.92. The number of hydrogen-bond donors (Lipinski definition) is 1. The van der Waals surface area contributed by atoms with E-state index in [9.17, 15) is 4.79 Å². The summed E-state index contributed by atoms with van der Waals surface area (Å²) in [5, 5.41) is 0.654. The molecule has 1 heterocycles. The molecular weight excluding hydrogens is 224 g/mol. The predicted molar refractivity (Wildman–Crippen MR) is 64.5 cm³/mol. The fraction of sp³-hybridized carbons (Fsp3) is 0.417. The zero-order valence-electron chi connectivity index (χ0n) is 9.03. The minimum absolute atomic E-state index is 0.0879. The van der Waals surface area contributed by atoms with Crippen molar-refractivity contribution in [3.8, 4) is 0 Å². The van der Waals surface area contributed by atoms with Crippen molar-refractivity contribution in [2.75, 3.05) is 19.6 Å². The Morgan fingerprint density at radius 3 is 2.56 bits per heavy atom. The third kappa shape index (κ3) is 2.36. The predicted octanol–water partition coefficient (Wildman–Crippen LogP) is 1.76. The van der Waals surface area contributed by atoms with Gasteiger partial charge >= 0.3 is 0 Å². The van der Waals surface area contributed by atoms with Gasteiger partial charge in [-0.3, -0.25) is 4.79 Å². The molecule has 0 radical (unpaired) electrons. The Morgan fingerprint density at radius 1 is 1.38 bits per heavy atom. The normalized spacial score (nSPS) is 16.0. The Kier molecular flexibility index (Phi) is 3.46. The van der Waals surface area contributed by atoms with E-state index < -0.39 is 0 Å². The van der Waals surface area contributed by atoms with Crippen LogP contribution in [0.1, 0.15) is 16.8 Å². The smallest absolute Gasteiger partial charge is 0.253 e. The summed E-state index contributed by atoms with van der Waals surface area (Å²) < 4.78 is 0. The number of nitrogens with zero attached hydrogens (tertiary/aromatic N) is 1. The van der Waals surface area contributed by atoms with Gasteiger partial charge in [-0.15, -0.1) is 0 Å². The number of carbonyl (C=O) groups is 1. The van der Waals surface area contributed by atoms with Crippen LogP contribution in [0.4, 0.5) is 0 Å². The lowest BCUT2D eigenvalue weighted by molar-refractivity contribution is 0.0490. The van der Waals surface area contributed by atoms with E-state index in [0.29, 0.717) is 23.0 Å². The van der Waals surface area contributed by atoms with Gasteiger partial charge in [0.2, 0.25) is 0 Å². The molecule has 2 N–H and O–H groups in total. The van der Waals surface area contributed by atoms with E-state index in [4.69, 9.17) is 17.3 Å². The highest BCUT2D eigenvalue weighted by Gasteiger charge is 2.30. The highest BCUT2D eigenvalue weighted by molar-refractivity contribution is 6.30. The van der Waals surface area contributed by atoms with E-state index in [2.05, 4.69) is 0 Å². The summed E-state index contributed by atoms with van der Waals surface area (Å²) in [5.41, 5.74) is 6.17. The Labute approximate surface area is 100 Å². The lowest BCUT2D eigenvalue weighted by Crippen LogP contribution is -2.50. The van der Waals surface area contributed by atoms with Crippen LogP contribution in [0, 0.1) is 5.92 Å². The van der Waals surface area contributed by atoms with Crippen LogP contribution in [0.3, 0.4) is 0 Å². The maximum absolute atomic E-state index is 11.9. The van der Waals surface area contributed by atoms with Gasteiger partial charge < -0.3 is 10.6 Å². The first kappa shape index (κ1) is 11.4. The first-order valence-electron chi connectivity index (χ1n) is 5.45. The average molecular weight is 239 g/mol. The van der Waals surface area contributed by atoms with Gasteiger partial charge in [0.1, 0.15) is 0 Å². The molecule has 1 fully saturated rings. The van der Waals surface area contributed by atoms with Crippen LogP contribution in [0.25, 0.3) is 0 Å². The van der Waals surface area contributed by atoms with Crippen LogP contribution < -0.4 is 5.73 Å². The van der Waals surface area contributed by atoms with Crippen LogP contribution >= 0.6 is 11.6 Å². The minimum Gasteiger partial charge on any atom is -0.338 e. The van der Waals surface area contributed by atoms with Gasteiger partial charge in [-0.1, -0.05) is 11.6 Å². The van der Waals surface area contributed by atoms with Gasteiger partial charge in [0.25, 0.3) is 5.91 Å². The maximum Gasteiger partial charge on any atom is 0.253 e. The molecule has 1 aliphatic rings. The standard InChI is InChI=1S/C12H15ClN2O/c13-11-3-1-10(2-4-11)12(16)15-7-9(8-15)5-6-14/h1-4,9H,5-8,14H2. The molecule has 1 aliphatic heterocycles. The van der Waals surface area contributed by atoms with Crippen LogP contribution in [0.2, 0.25) is 5.02 Å². The molecule has 1 aromatic rings. The molecule has 0 atom stereocenters. The van der Waals surface area contributed by atoms with Gasteiger partial charge in [0.05, 0.1) is 0 Å². The molecule has 1 amide bonds. The molecule has 86 valence electrons. The second-order valence-electron chi connectivity index (χ2n) is 4.16. The van der Waals surface area contributed by atoms with Crippen molar-refractivity contribution in [1.82, 2.24) is 4.90 Å². The maximum atomic E-state index is 11.9. The summed E-state index contributed by atoms with van der Waals surface area (Å²) in [5.74, 6) is 0.672. The second kappa shape index (κ2) is 4.85. The number of benzene rings is 1. The van der Waals surface area contributed by atoms with Crippen molar-refractivity contribution in [3.63, 3.8) is 0 Å². The third-order valence-electron chi connectivity index (χ3n) is 2.91. The van der Waals surface area contributed by atoms with Gasteiger partial charge in [0, 0.05) is 23.7 Å². The quantitative estimate of drug-likeness (QED) is 0.872. The molecule has 3 nitrogen and oxygen atoms in total. The van der Waals surface area contributed by atoms with Gasteiger partial charge in [-0.25, -0.2) is 0 Å². The summed E-state index contributed by atoms with van der Waals surface area (Å²) in [6.07, 6.45) is 1.00. The van der Waals surface area contributed by atoms with Gasteiger partial charge in [-0.05, 0) is 43.1 Å². The average Bonchev–Trinajstić information content (AvgIpc) is 2.23. The Hall–Kier alpha value is -1.06. The molecule has 2 rings (SSSR count). The first-order chi connectivity index (χ1) is 7.70.